The predicted octanol–water partition coefficient (Wildman–Crippen LogP) is -0.562. The molecule has 0 saturated carbocycles. The first-order chi connectivity index (χ1) is 6.80. The van der Waals surface area contributed by atoms with E-state index in [2.05, 4.69) is 0 Å². The van der Waals surface area contributed by atoms with Crippen molar-refractivity contribution < 1.29 is 18.8 Å². The maximum absolute atomic E-state index is 5.75. The number of hydrogen-bond donors (Lipinski definition) is 1. The van der Waals surface area contributed by atoms with Crippen molar-refractivity contribution in [3.8, 4) is 11.5 Å². The van der Waals surface area contributed by atoms with E-state index in [0.29, 0.717) is 6.61 Å². The highest BCUT2D eigenvalue weighted by Crippen LogP contribution is 2.35. The van der Waals surface area contributed by atoms with E-state index in [-0.39, 0.29) is 0 Å². The quantitative estimate of drug-likeness (QED) is 0.560. The van der Waals surface area contributed by atoms with Crippen LogP contribution in [0.5, 0.6) is 11.5 Å². The molecule has 0 aromatic heterocycles. The summed E-state index contributed by atoms with van der Waals surface area (Å²) in [5.74, 6) is 1.57. The van der Waals surface area contributed by atoms with Crippen molar-refractivity contribution in [1.29, 1.82) is 0 Å². The molecular weight excluding hydrogens is 181 g/mol. The van der Waals surface area contributed by atoms with E-state index in [9.17, 15) is 0 Å². The lowest BCUT2D eigenvalue weighted by Gasteiger charge is -2.29. The Bertz CT molecular complexity index is 346. The van der Waals surface area contributed by atoms with Gasteiger partial charge in [-0.3, -0.25) is 0 Å². The minimum absolute atomic E-state index is 0.694. The Morgan fingerprint density at radius 3 is 2.36 bits per heavy atom. The van der Waals surface area contributed by atoms with Gasteiger partial charge in [0, 0.05) is 7.05 Å². The SMILES string of the molecule is C[NH+]1CCO[B-]12Oc1ccccc1O2. The monoisotopic (exact) mass is 193 g/mol. The Balaban J connectivity index is 1.97. The third kappa shape index (κ3) is 0.965. The Labute approximate surface area is 82.4 Å². The Morgan fingerprint density at radius 2 is 1.86 bits per heavy atom. The smallest absolute Gasteiger partial charge is 0.601 e. The Hall–Kier alpha value is -1.20. The van der Waals surface area contributed by atoms with E-state index >= 15 is 0 Å². The third-order valence-corrected chi connectivity index (χ3v) is 2.85. The molecule has 3 rings (SSSR count). The average Bonchev–Trinajstić information content (AvgIpc) is 2.71. The molecule has 2 aliphatic heterocycles. The number of nitrogens with one attached hydrogen (secondary N) is 1. The summed E-state index contributed by atoms with van der Waals surface area (Å²) < 4.78 is 17.1. The van der Waals surface area contributed by atoms with Crippen LogP contribution in [0, 0.1) is 0 Å². The molecule has 1 N–H and O–H groups in total. The van der Waals surface area contributed by atoms with Crippen molar-refractivity contribution in [3.05, 3.63) is 24.3 Å². The molecule has 1 fully saturated rings. The zero-order valence-corrected chi connectivity index (χ0v) is 8.03. The molecule has 0 aliphatic carbocycles. The van der Waals surface area contributed by atoms with Crippen molar-refractivity contribution in [2.75, 3.05) is 20.2 Å². The fourth-order valence-corrected chi connectivity index (χ4v) is 1.97. The molecule has 2 heterocycles. The topological polar surface area (TPSA) is 32.1 Å². The van der Waals surface area contributed by atoms with Crippen LogP contribution in [0.1, 0.15) is 0 Å². The van der Waals surface area contributed by atoms with Crippen LogP contribution in [-0.4, -0.2) is 27.1 Å². The lowest BCUT2D eigenvalue weighted by Crippen LogP contribution is -3.20. The molecule has 1 spiro atoms. The lowest BCUT2D eigenvalue weighted by atomic mass is 9.97. The molecule has 1 atom stereocenters. The maximum atomic E-state index is 5.75. The number of para-hydroxylation sites is 2. The molecular formula is C9H12BNO3. The summed E-state index contributed by atoms with van der Waals surface area (Å²) in [6.07, 6.45) is 0. The molecule has 74 valence electrons. The Morgan fingerprint density at radius 1 is 1.21 bits per heavy atom. The summed E-state index contributed by atoms with van der Waals surface area (Å²) in [5.41, 5.74) is 0. The van der Waals surface area contributed by atoms with E-state index in [0.717, 1.165) is 22.9 Å². The van der Waals surface area contributed by atoms with Gasteiger partial charge in [-0.1, -0.05) is 12.1 Å². The van der Waals surface area contributed by atoms with Crippen molar-refractivity contribution in [2.24, 2.45) is 0 Å². The highest BCUT2D eigenvalue weighted by atomic mass is 16.8. The van der Waals surface area contributed by atoms with Gasteiger partial charge in [-0.2, -0.15) is 0 Å². The number of rotatable bonds is 0. The highest BCUT2D eigenvalue weighted by molar-refractivity contribution is 6.54. The molecule has 1 unspecified atom stereocenters. The summed E-state index contributed by atoms with van der Waals surface area (Å²) in [7, 11) is 2.03. The number of quaternary nitrogens is 1. The second-order valence-electron chi connectivity index (χ2n) is 3.79. The zero-order valence-electron chi connectivity index (χ0n) is 8.03. The average molecular weight is 193 g/mol. The zero-order chi connectivity index (χ0) is 9.60. The molecule has 4 nitrogen and oxygen atoms in total. The van der Waals surface area contributed by atoms with Gasteiger partial charge < -0.3 is 18.8 Å². The van der Waals surface area contributed by atoms with E-state index in [4.69, 9.17) is 14.0 Å². The largest absolute Gasteiger partial charge is 0.739 e. The summed E-state index contributed by atoms with van der Waals surface area (Å²) in [6, 6.07) is 7.67. The van der Waals surface area contributed by atoms with Crippen molar-refractivity contribution in [2.45, 2.75) is 0 Å². The van der Waals surface area contributed by atoms with Crippen molar-refractivity contribution in [1.82, 2.24) is 0 Å². The molecule has 0 amide bonds. The summed E-state index contributed by atoms with van der Waals surface area (Å²) in [5, 5.41) is 0. The molecule has 0 radical (unpaired) electrons. The number of fused-ring (bicyclic) bond motifs is 1. The fraction of sp³-hybridized carbons (Fsp3) is 0.333. The third-order valence-electron chi connectivity index (χ3n) is 2.85. The summed E-state index contributed by atoms with van der Waals surface area (Å²) in [4.78, 5) is 1.15. The van der Waals surface area contributed by atoms with Crippen molar-refractivity contribution >= 4 is 6.89 Å². The molecule has 14 heavy (non-hydrogen) atoms. The second-order valence-corrected chi connectivity index (χ2v) is 3.79. The van der Waals surface area contributed by atoms with Gasteiger partial charge in [-0.25, -0.2) is 0 Å². The van der Waals surface area contributed by atoms with Gasteiger partial charge in [-0.15, -0.1) is 0 Å². The molecule has 5 heteroatoms. The molecule has 0 bridgehead atoms. The first-order valence-corrected chi connectivity index (χ1v) is 4.87. The first kappa shape index (κ1) is 8.14. The van der Waals surface area contributed by atoms with E-state index in [1.54, 1.807) is 0 Å². The first-order valence-electron chi connectivity index (χ1n) is 4.87. The number of likely N-dealkylation sites (N-methyl/N-ethyl adjacent to an activating group) is 1. The maximum Gasteiger partial charge on any atom is 0.739 e. The van der Waals surface area contributed by atoms with Crippen LogP contribution in [-0.2, 0) is 4.65 Å². The van der Waals surface area contributed by atoms with Gasteiger partial charge in [0.25, 0.3) is 0 Å². The van der Waals surface area contributed by atoms with Crippen LogP contribution >= 0.6 is 0 Å². The molecule has 1 aromatic rings. The molecule has 2 aliphatic rings. The van der Waals surface area contributed by atoms with Gasteiger partial charge in [-0.05, 0) is 12.1 Å². The highest BCUT2D eigenvalue weighted by Gasteiger charge is 2.55. The van der Waals surface area contributed by atoms with Gasteiger partial charge in [0.2, 0.25) is 0 Å². The molecule has 1 aromatic carbocycles. The van der Waals surface area contributed by atoms with Gasteiger partial charge >= 0.3 is 6.89 Å². The summed E-state index contributed by atoms with van der Waals surface area (Å²) >= 11 is 0. The van der Waals surface area contributed by atoms with E-state index in [1.807, 2.05) is 31.3 Å². The number of benzene rings is 1. The lowest BCUT2D eigenvalue weighted by molar-refractivity contribution is -0.782. The number of hydrogen-bond acceptors (Lipinski definition) is 3. The van der Waals surface area contributed by atoms with Crippen LogP contribution in [0.25, 0.3) is 0 Å². The van der Waals surface area contributed by atoms with Crippen molar-refractivity contribution in [3.63, 3.8) is 0 Å². The van der Waals surface area contributed by atoms with Gasteiger partial charge in [0.1, 0.15) is 11.5 Å². The van der Waals surface area contributed by atoms with Gasteiger partial charge in [0.15, 0.2) is 0 Å². The van der Waals surface area contributed by atoms with Gasteiger partial charge in [0.05, 0.1) is 13.2 Å². The van der Waals surface area contributed by atoms with Crippen LogP contribution in [0.4, 0.5) is 0 Å². The van der Waals surface area contributed by atoms with E-state index < -0.39 is 6.89 Å². The van der Waals surface area contributed by atoms with Crippen LogP contribution in [0.2, 0.25) is 0 Å². The minimum Gasteiger partial charge on any atom is -0.601 e. The second kappa shape index (κ2) is 2.65. The van der Waals surface area contributed by atoms with E-state index in [1.165, 1.54) is 0 Å². The fourth-order valence-electron chi connectivity index (χ4n) is 1.97. The van der Waals surface area contributed by atoms with Crippen LogP contribution < -0.4 is 14.1 Å². The predicted molar refractivity (Wildman–Crippen MR) is 51.2 cm³/mol. The summed E-state index contributed by atoms with van der Waals surface area (Å²) in [6.45, 7) is 0.00182. The minimum atomic E-state index is -1.62. The Kier molecular flexibility index (Phi) is 1.54. The van der Waals surface area contributed by atoms with Crippen LogP contribution in [0.15, 0.2) is 24.3 Å². The normalized spacial score (nSPS) is 27.1. The standard InChI is InChI=1S/C9H12BNO3/c1-11-6-7-12-10(11)13-8-4-2-3-5-9(8)14-10/h2-5,11H,6-7H2,1H3. The van der Waals surface area contributed by atoms with Crippen LogP contribution in [0.3, 0.4) is 0 Å². The molecule has 1 saturated heterocycles.